The highest BCUT2D eigenvalue weighted by Crippen LogP contribution is 2.20. The second kappa shape index (κ2) is 4.50. The second-order valence-corrected chi connectivity index (χ2v) is 4.03. The number of halogens is 1. The summed E-state index contributed by atoms with van der Waals surface area (Å²) in [6, 6.07) is 7.71. The van der Waals surface area contributed by atoms with Crippen molar-refractivity contribution in [1.82, 2.24) is 20.6 Å². The summed E-state index contributed by atoms with van der Waals surface area (Å²) in [5.74, 6) is 0.533. The first-order chi connectivity index (χ1) is 7.27. The average Bonchev–Trinajstić information content (AvgIpc) is 2.74. The van der Waals surface area contributed by atoms with E-state index in [1.54, 1.807) is 0 Å². The van der Waals surface area contributed by atoms with Crippen molar-refractivity contribution in [1.29, 1.82) is 0 Å². The molecule has 0 fully saturated rings. The van der Waals surface area contributed by atoms with E-state index >= 15 is 0 Å². The van der Waals surface area contributed by atoms with Crippen molar-refractivity contribution in [3.8, 4) is 0 Å². The van der Waals surface area contributed by atoms with Crippen LogP contribution in [0.5, 0.6) is 0 Å². The van der Waals surface area contributed by atoms with Crippen LogP contribution in [0.3, 0.4) is 0 Å². The van der Waals surface area contributed by atoms with Crippen LogP contribution in [0.25, 0.3) is 0 Å². The Kier molecular flexibility index (Phi) is 3.08. The van der Waals surface area contributed by atoms with Gasteiger partial charge in [0.1, 0.15) is 0 Å². The highest BCUT2D eigenvalue weighted by molar-refractivity contribution is 9.10. The zero-order chi connectivity index (χ0) is 10.7. The van der Waals surface area contributed by atoms with E-state index in [1.807, 2.05) is 24.3 Å². The summed E-state index contributed by atoms with van der Waals surface area (Å²) in [5, 5.41) is 13.6. The zero-order valence-electron chi connectivity index (χ0n) is 7.89. The van der Waals surface area contributed by atoms with Crippen LogP contribution in [0, 0.1) is 0 Å². The van der Waals surface area contributed by atoms with E-state index in [1.165, 1.54) is 0 Å². The molecule has 3 N–H and O–H groups in total. The van der Waals surface area contributed by atoms with Crippen LogP contribution in [0.15, 0.2) is 28.7 Å². The largest absolute Gasteiger partial charge is 0.321 e. The molecule has 78 valence electrons. The fourth-order valence-electron chi connectivity index (χ4n) is 1.32. The van der Waals surface area contributed by atoms with E-state index in [4.69, 9.17) is 5.73 Å². The van der Waals surface area contributed by atoms with Gasteiger partial charge in [0.2, 0.25) is 0 Å². The summed E-state index contributed by atoms with van der Waals surface area (Å²) in [5.41, 5.74) is 7.07. The van der Waals surface area contributed by atoms with Crippen molar-refractivity contribution in [3.63, 3.8) is 0 Å². The Morgan fingerprint density at radius 3 is 2.87 bits per heavy atom. The molecule has 0 bridgehead atoms. The summed E-state index contributed by atoms with van der Waals surface area (Å²) < 4.78 is 1.05. The smallest absolute Gasteiger partial charge is 0.191 e. The molecule has 0 saturated heterocycles. The molecule has 15 heavy (non-hydrogen) atoms. The predicted molar refractivity (Wildman–Crippen MR) is 59.0 cm³/mol. The minimum Gasteiger partial charge on any atom is -0.321 e. The van der Waals surface area contributed by atoms with Gasteiger partial charge in [-0.3, -0.25) is 0 Å². The van der Waals surface area contributed by atoms with Crippen molar-refractivity contribution >= 4 is 15.9 Å². The number of hydrogen-bond donors (Lipinski definition) is 2. The molecular weight excluding hydrogens is 258 g/mol. The number of nitrogens with one attached hydrogen (secondary N) is 1. The Morgan fingerprint density at radius 1 is 1.40 bits per heavy atom. The number of aromatic nitrogens is 4. The van der Waals surface area contributed by atoms with Crippen LogP contribution >= 0.6 is 15.9 Å². The number of hydrogen-bond acceptors (Lipinski definition) is 4. The molecule has 2 rings (SSSR count). The summed E-state index contributed by atoms with van der Waals surface area (Å²) in [4.78, 5) is 0. The van der Waals surface area contributed by atoms with Crippen molar-refractivity contribution < 1.29 is 0 Å². The molecular formula is C9H10BrN5. The Morgan fingerprint density at radius 2 is 2.20 bits per heavy atom. The molecule has 0 aliphatic rings. The predicted octanol–water partition coefficient (Wildman–Crippen LogP) is 1.20. The van der Waals surface area contributed by atoms with Crippen LogP contribution in [-0.2, 0) is 6.42 Å². The molecule has 0 amide bonds. The molecule has 2 aromatic rings. The topological polar surface area (TPSA) is 80.5 Å². The Labute approximate surface area is 95.2 Å². The van der Waals surface area contributed by atoms with E-state index in [9.17, 15) is 0 Å². The molecule has 1 aromatic carbocycles. The van der Waals surface area contributed by atoms with E-state index < -0.39 is 0 Å². The fraction of sp³-hybridized carbons (Fsp3) is 0.222. The highest BCUT2D eigenvalue weighted by Gasteiger charge is 2.12. The maximum atomic E-state index is 5.93. The summed E-state index contributed by atoms with van der Waals surface area (Å²) in [7, 11) is 0. The quantitative estimate of drug-likeness (QED) is 0.876. The number of H-pyrrole nitrogens is 1. The molecule has 0 radical (unpaired) electrons. The van der Waals surface area contributed by atoms with Gasteiger partial charge in [0.05, 0.1) is 6.04 Å². The van der Waals surface area contributed by atoms with Gasteiger partial charge in [-0.2, -0.15) is 5.21 Å². The molecule has 0 spiro atoms. The molecule has 0 aliphatic carbocycles. The Hall–Kier alpha value is -1.27. The number of rotatable bonds is 3. The third kappa shape index (κ3) is 2.40. The molecule has 0 saturated carbocycles. The monoisotopic (exact) mass is 267 g/mol. The van der Waals surface area contributed by atoms with Crippen LogP contribution in [0.4, 0.5) is 0 Å². The lowest BCUT2D eigenvalue weighted by atomic mass is 10.1. The number of nitrogens with zero attached hydrogens (tertiary/aromatic N) is 3. The molecule has 0 unspecified atom stereocenters. The van der Waals surface area contributed by atoms with Gasteiger partial charge in [0.25, 0.3) is 0 Å². The number of aromatic amines is 1. The minimum atomic E-state index is -0.234. The van der Waals surface area contributed by atoms with Gasteiger partial charge in [-0.1, -0.05) is 39.3 Å². The molecule has 0 aliphatic heterocycles. The van der Waals surface area contributed by atoms with Crippen molar-refractivity contribution in [2.45, 2.75) is 12.5 Å². The van der Waals surface area contributed by atoms with Gasteiger partial charge >= 0.3 is 0 Å². The first kappa shape index (κ1) is 10.3. The maximum absolute atomic E-state index is 5.93. The van der Waals surface area contributed by atoms with E-state index in [-0.39, 0.29) is 6.04 Å². The summed E-state index contributed by atoms with van der Waals surface area (Å²) in [6.07, 6.45) is 0.682. The van der Waals surface area contributed by atoms with E-state index in [0.717, 1.165) is 10.0 Å². The van der Waals surface area contributed by atoms with Crippen LogP contribution in [0.2, 0.25) is 0 Å². The maximum Gasteiger partial charge on any atom is 0.191 e. The average molecular weight is 268 g/mol. The van der Waals surface area contributed by atoms with Crippen LogP contribution in [0.1, 0.15) is 17.4 Å². The second-order valence-electron chi connectivity index (χ2n) is 3.17. The van der Waals surface area contributed by atoms with Crippen LogP contribution in [-0.4, -0.2) is 20.6 Å². The van der Waals surface area contributed by atoms with Crippen LogP contribution < -0.4 is 5.73 Å². The van der Waals surface area contributed by atoms with Gasteiger partial charge in [-0.25, -0.2) is 0 Å². The highest BCUT2D eigenvalue weighted by atomic mass is 79.9. The van der Waals surface area contributed by atoms with Gasteiger partial charge in [-0.05, 0) is 18.1 Å². The number of nitrogens with two attached hydrogens (primary N) is 1. The lowest BCUT2D eigenvalue weighted by Crippen LogP contribution is -2.15. The van der Waals surface area contributed by atoms with Crippen molar-refractivity contribution in [3.05, 3.63) is 40.1 Å². The van der Waals surface area contributed by atoms with Gasteiger partial charge in [-0.15, -0.1) is 10.2 Å². The fourth-order valence-corrected chi connectivity index (χ4v) is 1.77. The number of benzene rings is 1. The van der Waals surface area contributed by atoms with Gasteiger partial charge in [0.15, 0.2) is 5.82 Å². The zero-order valence-corrected chi connectivity index (χ0v) is 9.48. The summed E-state index contributed by atoms with van der Waals surface area (Å²) >= 11 is 3.47. The van der Waals surface area contributed by atoms with Crippen molar-refractivity contribution in [2.75, 3.05) is 0 Å². The molecule has 6 heteroatoms. The Bertz CT molecular complexity index is 428. The molecule has 1 atom stereocenters. The lowest BCUT2D eigenvalue weighted by Gasteiger charge is -2.08. The SMILES string of the molecule is N[C@@H](Cc1ccccc1Br)c1nn[nH]n1. The lowest BCUT2D eigenvalue weighted by molar-refractivity contribution is 0.667. The number of tetrazole rings is 1. The minimum absolute atomic E-state index is 0.234. The van der Waals surface area contributed by atoms with E-state index in [0.29, 0.717) is 12.2 Å². The first-order valence-corrected chi connectivity index (χ1v) is 5.29. The molecule has 1 aromatic heterocycles. The van der Waals surface area contributed by atoms with Gasteiger partial charge in [0, 0.05) is 4.47 Å². The molecule has 5 nitrogen and oxygen atoms in total. The standard InChI is InChI=1S/C9H10BrN5/c10-7-4-2-1-3-6(7)5-8(11)9-12-14-15-13-9/h1-4,8H,5,11H2,(H,12,13,14,15)/t8-/m0/s1. The molecule has 1 heterocycles. The van der Waals surface area contributed by atoms with Gasteiger partial charge < -0.3 is 5.73 Å². The van der Waals surface area contributed by atoms with E-state index in [2.05, 4.69) is 36.6 Å². The summed E-state index contributed by atoms with van der Waals surface area (Å²) in [6.45, 7) is 0. The Balaban J connectivity index is 2.13. The van der Waals surface area contributed by atoms with Crippen molar-refractivity contribution in [2.24, 2.45) is 5.73 Å². The normalized spacial score (nSPS) is 12.7. The third-order valence-corrected chi connectivity index (χ3v) is 2.86. The first-order valence-electron chi connectivity index (χ1n) is 4.49. The third-order valence-electron chi connectivity index (χ3n) is 2.09.